The van der Waals surface area contributed by atoms with Crippen molar-refractivity contribution < 1.29 is 15.0 Å². The third kappa shape index (κ3) is 1.81. The number of hydrogen-bond donors (Lipinski definition) is 2. The molecular formula is C19H24O3. The number of aromatic hydroxyl groups is 1. The van der Waals surface area contributed by atoms with E-state index in [0.717, 1.165) is 50.4 Å². The van der Waals surface area contributed by atoms with Gasteiger partial charge in [-0.15, -0.1) is 0 Å². The van der Waals surface area contributed by atoms with Crippen molar-refractivity contribution in [1.29, 1.82) is 0 Å². The number of aryl methyl sites for hydroxylation is 1. The molecule has 3 nitrogen and oxygen atoms in total. The minimum Gasteiger partial charge on any atom is -0.508 e. The highest BCUT2D eigenvalue weighted by Gasteiger charge is 2.54. The Morgan fingerprint density at radius 2 is 2.05 bits per heavy atom. The zero-order valence-corrected chi connectivity index (χ0v) is 13.1. The molecule has 3 aliphatic rings. The van der Waals surface area contributed by atoms with Crippen molar-refractivity contribution in [1.82, 2.24) is 0 Å². The molecule has 0 bridgehead atoms. The predicted molar refractivity (Wildman–Crippen MR) is 84.1 cm³/mol. The summed E-state index contributed by atoms with van der Waals surface area (Å²) in [6.07, 6.45) is 6.92. The number of rotatable bonds is 1. The Labute approximate surface area is 131 Å². The van der Waals surface area contributed by atoms with E-state index < -0.39 is 0 Å². The van der Waals surface area contributed by atoms with E-state index in [2.05, 4.69) is 6.92 Å². The molecule has 1 aromatic carbocycles. The molecule has 0 heterocycles. The summed E-state index contributed by atoms with van der Waals surface area (Å²) in [5.41, 5.74) is 3.08. The van der Waals surface area contributed by atoms with E-state index in [1.165, 1.54) is 5.56 Å². The highest BCUT2D eigenvalue weighted by atomic mass is 16.3. The number of phenols is 1. The number of carbonyl (C=O) groups is 1. The molecule has 0 aliphatic heterocycles. The lowest BCUT2D eigenvalue weighted by Crippen LogP contribution is -2.44. The third-order valence-corrected chi connectivity index (χ3v) is 6.91. The van der Waals surface area contributed by atoms with Crippen LogP contribution in [0.2, 0.25) is 0 Å². The molecule has 5 atom stereocenters. The van der Waals surface area contributed by atoms with Crippen molar-refractivity contribution >= 4 is 6.29 Å². The molecule has 2 fully saturated rings. The van der Waals surface area contributed by atoms with Crippen LogP contribution in [0.25, 0.3) is 0 Å². The number of aliphatic hydroxyl groups excluding tert-OH is 1. The van der Waals surface area contributed by atoms with Gasteiger partial charge in [-0.3, -0.25) is 4.79 Å². The normalized spacial score (nSPS) is 39.7. The largest absolute Gasteiger partial charge is 0.508 e. The van der Waals surface area contributed by atoms with Crippen LogP contribution >= 0.6 is 0 Å². The van der Waals surface area contributed by atoms with Crippen LogP contribution < -0.4 is 0 Å². The maximum atomic E-state index is 11.5. The summed E-state index contributed by atoms with van der Waals surface area (Å²) in [5.74, 6) is 1.78. The van der Waals surface area contributed by atoms with Gasteiger partial charge < -0.3 is 10.2 Å². The number of carbonyl (C=O) groups excluding carboxylic acids is 1. The Hall–Kier alpha value is -1.35. The lowest BCUT2D eigenvalue weighted by atomic mass is 9.55. The van der Waals surface area contributed by atoms with Gasteiger partial charge in [-0.25, -0.2) is 0 Å². The maximum Gasteiger partial charge on any atom is 0.150 e. The molecule has 0 saturated heterocycles. The number of aliphatic hydroxyl groups is 1. The van der Waals surface area contributed by atoms with Gasteiger partial charge in [-0.1, -0.05) is 6.92 Å². The van der Waals surface area contributed by atoms with Crippen LogP contribution in [0.5, 0.6) is 5.75 Å². The van der Waals surface area contributed by atoms with E-state index in [9.17, 15) is 15.0 Å². The zero-order chi connectivity index (χ0) is 15.5. The second-order valence-corrected chi connectivity index (χ2v) is 7.78. The summed E-state index contributed by atoms with van der Waals surface area (Å²) in [7, 11) is 0. The van der Waals surface area contributed by atoms with Gasteiger partial charge in [-0.2, -0.15) is 0 Å². The van der Waals surface area contributed by atoms with Gasteiger partial charge in [0.15, 0.2) is 0 Å². The van der Waals surface area contributed by atoms with Gasteiger partial charge in [0.05, 0.1) is 6.10 Å². The molecule has 22 heavy (non-hydrogen) atoms. The molecule has 4 rings (SSSR count). The first-order valence-corrected chi connectivity index (χ1v) is 8.53. The Balaban J connectivity index is 1.77. The SMILES string of the molecule is C[C@]12CC[C@@H]3c4c(C=O)cc(O)cc4CC[C@H]3[C@@H]1CC[C@@H]2O. The Kier molecular flexibility index (Phi) is 3.12. The van der Waals surface area contributed by atoms with E-state index in [-0.39, 0.29) is 17.3 Å². The summed E-state index contributed by atoms with van der Waals surface area (Å²) >= 11 is 0. The number of phenolic OH excluding ortho intramolecular Hbond substituents is 1. The van der Waals surface area contributed by atoms with Crippen molar-refractivity contribution in [2.75, 3.05) is 0 Å². The van der Waals surface area contributed by atoms with Crippen molar-refractivity contribution in [2.45, 2.75) is 57.5 Å². The molecule has 2 N–H and O–H groups in total. The van der Waals surface area contributed by atoms with Crippen molar-refractivity contribution in [2.24, 2.45) is 17.3 Å². The minimum atomic E-state index is -0.162. The van der Waals surface area contributed by atoms with Gasteiger partial charge in [0.2, 0.25) is 0 Å². The smallest absolute Gasteiger partial charge is 0.150 e. The third-order valence-electron chi connectivity index (χ3n) is 6.91. The monoisotopic (exact) mass is 300 g/mol. The van der Waals surface area contributed by atoms with Crippen LogP contribution in [0.3, 0.4) is 0 Å². The summed E-state index contributed by atoms with van der Waals surface area (Å²) in [6, 6.07) is 3.46. The fourth-order valence-electron chi connectivity index (χ4n) is 5.82. The summed E-state index contributed by atoms with van der Waals surface area (Å²) in [4.78, 5) is 11.5. The minimum absolute atomic E-state index is 0.0664. The molecule has 1 aromatic rings. The molecule has 2 saturated carbocycles. The number of fused-ring (bicyclic) bond motifs is 5. The van der Waals surface area contributed by atoms with E-state index in [4.69, 9.17) is 0 Å². The summed E-state index contributed by atoms with van der Waals surface area (Å²) < 4.78 is 0. The topological polar surface area (TPSA) is 57.5 Å². The lowest BCUT2D eigenvalue weighted by Gasteiger charge is -2.50. The lowest BCUT2D eigenvalue weighted by molar-refractivity contribution is -0.0226. The molecule has 118 valence electrons. The average Bonchev–Trinajstić information content (AvgIpc) is 2.81. The van der Waals surface area contributed by atoms with E-state index in [1.54, 1.807) is 6.07 Å². The second-order valence-electron chi connectivity index (χ2n) is 7.78. The Morgan fingerprint density at radius 1 is 1.23 bits per heavy atom. The van der Waals surface area contributed by atoms with Crippen LogP contribution in [-0.2, 0) is 6.42 Å². The Morgan fingerprint density at radius 3 is 2.82 bits per heavy atom. The predicted octanol–water partition coefficient (Wildman–Crippen LogP) is 3.42. The number of aldehydes is 1. The van der Waals surface area contributed by atoms with Gasteiger partial charge >= 0.3 is 0 Å². The average molecular weight is 300 g/mol. The molecule has 0 spiro atoms. The molecule has 0 amide bonds. The molecule has 0 radical (unpaired) electrons. The molecule has 3 aliphatic carbocycles. The van der Waals surface area contributed by atoms with Crippen molar-refractivity contribution in [3.63, 3.8) is 0 Å². The van der Waals surface area contributed by atoms with Gasteiger partial charge in [-0.05, 0) is 85.0 Å². The second kappa shape index (κ2) is 4.82. The van der Waals surface area contributed by atoms with Crippen LogP contribution in [0.4, 0.5) is 0 Å². The fourth-order valence-corrected chi connectivity index (χ4v) is 5.82. The quantitative estimate of drug-likeness (QED) is 0.781. The standard InChI is InChI=1S/C19H24O3/c1-19-7-6-15-14(16(19)4-5-17(19)22)3-2-11-8-13(21)9-12(10-20)18(11)15/h8-10,14-17,21-22H,2-7H2,1H3/t14-,15+,16+,17+,19+/m1/s1. The van der Waals surface area contributed by atoms with Gasteiger partial charge in [0.25, 0.3) is 0 Å². The molecule has 0 aromatic heterocycles. The Bertz CT molecular complexity index is 623. The maximum absolute atomic E-state index is 11.5. The van der Waals surface area contributed by atoms with Gasteiger partial charge in [0, 0.05) is 5.56 Å². The fraction of sp³-hybridized carbons (Fsp3) is 0.632. The van der Waals surface area contributed by atoms with Crippen LogP contribution in [-0.4, -0.2) is 22.6 Å². The zero-order valence-electron chi connectivity index (χ0n) is 13.1. The first-order chi connectivity index (χ1) is 10.5. The molecule has 3 heteroatoms. The summed E-state index contributed by atoms with van der Waals surface area (Å²) in [6.45, 7) is 2.26. The van der Waals surface area contributed by atoms with Gasteiger partial charge in [0.1, 0.15) is 12.0 Å². The van der Waals surface area contributed by atoms with E-state index in [1.807, 2.05) is 6.07 Å². The molecular weight excluding hydrogens is 276 g/mol. The number of hydrogen-bond acceptors (Lipinski definition) is 3. The highest BCUT2D eigenvalue weighted by Crippen LogP contribution is 2.61. The highest BCUT2D eigenvalue weighted by molar-refractivity contribution is 5.79. The molecule has 0 unspecified atom stereocenters. The van der Waals surface area contributed by atoms with Crippen molar-refractivity contribution in [3.8, 4) is 5.75 Å². The first-order valence-electron chi connectivity index (χ1n) is 8.53. The van der Waals surface area contributed by atoms with Crippen LogP contribution in [0.1, 0.15) is 66.4 Å². The van der Waals surface area contributed by atoms with Crippen LogP contribution in [0.15, 0.2) is 12.1 Å². The van der Waals surface area contributed by atoms with E-state index in [0.29, 0.717) is 23.3 Å². The number of benzene rings is 1. The van der Waals surface area contributed by atoms with Crippen molar-refractivity contribution in [3.05, 3.63) is 28.8 Å². The first kappa shape index (κ1) is 14.3. The summed E-state index contributed by atoms with van der Waals surface area (Å²) in [5, 5.41) is 20.2. The van der Waals surface area contributed by atoms with Crippen LogP contribution in [0, 0.1) is 17.3 Å². The van der Waals surface area contributed by atoms with E-state index >= 15 is 0 Å².